The second-order valence-corrected chi connectivity index (χ2v) is 3.94. The normalized spacial score (nSPS) is 23.9. The summed E-state index contributed by atoms with van der Waals surface area (Å²) in [5.74, 6) is -0.385. The first-order valence-electron chi connectivity index (χ1n) is 5.20. The molecule has 1 saturated heterocycles. The zero-order valence-electron chi connectivity index (χ0n) is 9.03. The average molecular weight is 239 g/mol. The number of rotatable bonds is 3. The van der Waals surface area contributed by atoms with Crippen molar-refractivity contribution in [2.75, 3.05) is 19.6 Å². The number of amides is 1. The van der Waals surface area contributed by atoms with Gasteiger partial charge in [-0.1, -0.05) is 0 Å². The van der Waals surface area contributed by atoms with Crippen LogP contribution < -0.4 is 16.0 Å². The summed E-state index contributed by atoms with van der Waals surface area (Å²) in [4.78, 5) is 11.5. The standard InChI is InChI=1S/C9H16F3N3O/c1-6(4-9(10,11)12)15-8(16)7-5-13-2-3-14-7/h6-7,13-14H,2-5H2,1H3,(H,15,16). The molecule has 0 aromatic carbocycles. The Balaban J connectivity index is 2.32. The third-order valence-corrected chi connectivity index (χ3v) is 2.28. The largest absolute Gasteiger partial charge is 0.391 e. The lowest BCUT2D eigenvalue weighted by Gasteiger charge is -2.25. The van der Waals surface area contributed by atoms with E-state index >= 15 is 0 Å². The predicted octanol–water partition coefficient (Wildman–Crippen LogP) is 0.00490. The Morgan fingerprint density at radius 2 is 2.19 bits per heavy atom. The van der Waals surface area contributed by atoms with Gasteiger partial charge in [-0.15, -0.1) is 0 Å². The van der Waals surface area contributed by atoms with Crippen molar-refractivity contribution in [1.29, 1.82) is 0 Å². The van der Waals surface area contributed by atoms with E-state index < -0.39 is 24.7 Å². The van der Waals surface area contributed by atoms with Gasteiger partial charge in [0.1, 0.15) is 0 Å². The van der Waals surface area contributed by atoms with E-state index in [9.17, 15) is 18.0 Å². The maximum atomic E-state index is 12.0. The molecule has 1 rings (SSSR count). The quantitative estimate of drug-likeness (QED) is 0.650. The highest BCUT2D eigenvalue weighted by atomic mass is 19.4. The van der Waals surface area contributed by atoms with Crippen LogP contribution in [0.15, 0.2) is 0 Å². The first-order chi connectivity index (χ1) is 7.38. The van der Waals surface area contributed by atoms with Crippen LogP contribution in [-0.2, 0) is 4.79 Å². The molecular formula is C9H16F3N3O. The van der Waals surface area contributed by atoms with E-state index in [4.69, 9.17) is 0 Å². The van der Waals surface area contributed by atoms with Crippen molar-refractivity contribution in [2.45, 2.75) is 31.6 Å². The van der Waals surface area contributed by atoms with Crippen molar-refractivity contribution in [3.05, 3.63) is 0 Å². The summed E-state index contributed by atoms with van der Waals surface area (Å²) < 4.78 is 36.1. The van der Waals surface area contributed by atoms with Gasteiger partial charge in [0.2, 0.25) is 5.91 Å². The minimum absolute atomic E-state index is 0.385. The highest BCUT2D eigenvalue weighted by Crippen LogP contribution is 2.21. The lowest BCUT2D eigenvalue weighted by molar-refractivity contribution is -0.141. The van der Waals surface area contributed by atoms with Crippen LogP contribution in [0, 0.1) is 0 Å². The van der Waals surface area contributed by atoms with Crippen molar-refractivity contribution >= 4 is 5.91 Å². The lowest BCUT2D eigenvalue weighted by atomic mass is 10.2. The Hall–Kier alpha value is -0.820. The molecule has 0 bridgehead atoms. The number of hydrogen-bond donors (Lipinski definition) is 3. The number of hydrogen-bond acceptors (Lipinski definition) is 3. The molecule has 3 N–H and O–H groups in total. The van der Waals surface area contributed by atoms with Crippen molar-refractivity contribution in [1.82, 2.24) is 16.0 Å². The highest BCUT2D eigenvalue weighted by Gasteiger charge is 2.31. The van der Waals surface area contributed by atoms with E-state index in [0.29, 0.717) is 13.1 Å². The molecule has 94 valence electrons. The number of piperazine rings is 1. The molecule has 1 heterocycles. The number of alkyl halides is 3. The van der Waals surface area contributed by atoms with Crippen molar-refractivity contribution < 1.29 is 18.0 Å². The van der Waals surface area contributed by atoms with Crippen LogP contribution >= 0.6 is 0 Å². The Morgan fingerprint density at radius 1 is 1.50 bits per heavy atom. The molecule has 0 saturated carbocycles. The third-order valence-electron chi connectivity index (χ3n) is 2.28. The minimum Gasteiger partial charge on any atom is -0.352 e. The zero-order chi connectivity index (χ0) is 12.2. The summed E-state index contributed by atoms with van der Waals surface area (Å²) in [6, 6.07) is -1.33. The predicted molar refractivity (Wildman–Crippen MR) is 52.9 cm³/mol. The summed E-state index contributed by atoms with van der Waals surface area (Å²) >= 11 is 0. The van der Waals surface area contributed by atoms with Crippen LogP contribution in [0.25, 0.3) is 0 Å². The van der Waals surface area contributed by atoms with E-state index in [1.807, 2.05) is 0 Å². The molecule has 1 aliphatic rings. The molecule has 2 unspecified atom stereocenters. The Labute approximate surface area is 92.0 Å². The summed E-state index contributed by atoms with van der Waals surface area (Å²) in [6.07, 6.45) is -5.25. The molecule has 0 aromatic heterocycles. The molecule has 0 aromatic rings. The number of carbonyl (C=O) groups excluding carboxylic acids is 1. The first kappa shape index (κ1) is 13.2. The molecule has 4 nitrogen and oxygen atoms in total. The maximum Gasteiger partial charge on any atom is 0.391 e. The molecule has 7 heteroatoms. The van der Waals surface area contributed by atoms with Crippen LogP contribution in [0.2, 0.25) is 0 Å². The topological polar surface area (TPSA) is 53.2 Å². The SMILES string of the molecule is CC(CC(F)(F)F)NC(=O)C1CNCCN1. The second-order valence-electron chi connectivity index (χ2n) is 3.94. The smallest absolute Gasteiger partial charge is 0.352 e. The average Bonchev–Trinajstić information content (AvgIpc) is 2.16. The summed E-state index contributed by atoms with van der Waals surface area (Å²) in [5, 5.41) is 8.27. The second kappa shape index (κ2) is 5.49. The van der Waals surface area contributed by atoms with Crippen molar-refractivity contribution in [2.24, 2.45) is 0 Å². The van der Waals surface area contributed by atoms with Gasteiger partial charge in [-0.2, -0.15) is 13.2 Å². The molecule has 2 atom stereocenters. The fraction of sp³-hybridized carbons (Fsp3) is 0.889. The molecule has 1 fully saturated rings. The third kappa shape index (κ3) is 4.80. The maximum absolute atomic E-state index is 12.0. The summed E-state index contributed by atoms with van der Waals surface area (Å²) in [6.45, 7) is 3.21. The van der Waals surface area contributed by atoms with Gasteiger partial charge in [0.25, 0.3) is 0 Å². The fourth-order valence-corrected chi connectivity index (χ4v) is 1.58. The van der Waals surface area contributed by atoms with Gasteiger partial charge in [0.15, 0.2) is 0 Å². The molecular weight excluding hydrogens is 223 g/mol. The lowest BCUT2D eigenvalue weighted by Crippen LogP contribution is -2.57. The zero-order valence-corrected chi connectivity index (χ0v) is 9.03. The number of carbonyl (C=O) groups is 1. The number of nitrogens with one attached hydrogen (secondary N) is 3. The molecule has 1 amide bonds. The van der Waals surface area contributed by atoms with E-state index in [1.165, 1.54) is 6.92 Å². The van der Waals surface area contributed by atoms with Crippen molar-refractivity contribution in [3.63, 3.8) is 0 Å². The van der Waals surface area contributed by atoms with Crippen LogP contribution in [0.5, 0.6) is 0 Å². The van der Waals surface area contributed by atoms with E-state index in [0.717, 1.165) is 6.54 Å². The first-order valence-corrected chi connectivity index (χ1v) is 5.20. The van der Waals surface area contributed by atoms with Gasteiger partial charge in [0, 0.05) is 25.7 Å². The Morgan fingerprint density at radius 3 is 2.69 bits per heavy atom. The molecule has 16 heavy (non-hydrogen) atoms. The minimum atomic E-state index is -4.25. The van der Waals surface area contributed by atoms with Gasteiger partial charge in [0.05, 0.1) is 12.5 Å². The summed E-state index contributed by atoms with van der Waals surface area (Å²) in [5.41, 5.74) is 0. The Bertz CT molecular complexity index is 239. The van der Waals surface area contributed by atoms with Crippen LogP contribution in [-0.4, -0.2) is 43.8 Å². The van der Waals surface area contributed by atoms with Gasteiger partial charge in [-0.25, -0.2) is 0 Å². The molecule has 0 aliphatic carbocycles. The fourth-order valence-electron chi connectivity index (χ4n) is 1.58. The van der Waals surface area contributed by atoms with E-state index in [2.05, 4.69) is 16.0 Å². The monoisotopic (exact) mass is 239 g/mol. The van der Waals surface area contributed by atoms with Gasteiger partial charge >= 0.3 is 6.18 Å². The molecule has 0 spiro atoms. The summed E-state index contributed by atoms with van der Waals surface area (Å²) in [7, 11) is 0. The van der Waals surface area contributed by atoms with Crippen molar-refractivity contribution in [3.8, 4) is 0 Å². The van der Waals surface area contributed by atoms with Crippen LogP contribution in [0.1, 0.15) is 13.3 Å². The van der Waals surface area contributed by atoms with Crippen LogP contribution in [0.4, 0.5) is 13.2 Å². The van der Waals surface area contributed by atoms with Crippen LogP contribution in [0.3, 0.4) is 0 Å². The van der Waals surface area contributed by atoms with Gasteiger partial charge in [-0.3, -0.25) is 4.79 Å². The Kier molecular flexibility index (Phi) is 4.55. The number of halogens is 3. The van der Waals surface area contributed by atoms with E-state index in [-0.39, 0.29) is 5.91 Å². The molecule has 1 aliphatic heterocycles. The highest BCUT2D eigenvalue weighted by molar-refractivity contribution is 5.82. The van der Waals surface area contributed by atoms with Gasteiger partial charge in [-0.05, 0) is 6.92 Å². The molecule has 0 radical (unpaired) electrons. The van der Waals surface area contributed by atoms with Gasteiger partial charge < -0.3 is 16.0 Å². The van der Waals surface area contributed by atoms with E-state index in [1.54, 1.807) is 0 Å².